The Balaban J connectivity index is 2.43. The third-order valence-corrected chi connectivity index (χ3v) is 2.41. The summed E-state index contributed by atoms with van der Waals surface area (Å²) in [5.74, 6) is 0.209. The summed E-state index contributed by atoms with van der Waals surface area (Å²) in [4.78, 5) is 0. The van der Waals surface area contributed by atoms with Gasteiger partial charge in [0.1, 0.15) is 11.4 Å². The van der Waals surface area contributed by atoms with Crippen LogP contribution in [0, 0.1) is 0 Å². The van der Waals surface area contributed by atoms with Gasteiger partial charge in [-0.2, -0.15) is 0 Å². The third-order valence-electron chi connectivity index (χ3n) is 2.41. The van der Waals surface area contributed by atoms with Crippen LogP contribution in [0.2, 0.25) is 0 Å². The average molecular weight is 234 g/mol. The number of phenols is 1. The predicted molar refractivity (Wildman–Crippen MR) is 61.6 cm³/mol. The molecule has 2 aromatic rings. The minimum absolute atomic E-state index is 0.209. The maximum absolute atomic E-state index is 9.24. The number of ether oxygens (including phenoxy) is 1. The van der Waals surface area contributed by atoms with Crippen LogP contribution in [0.25, 0.3) is 5.69 Å². The zero-order chi connectivity index (χ0) is 12.3. The summed E-state index contributed by atoms with van der Waals surface area (Å²) < 4.78 is 6.77. The van der Waals surface area contributed by atoms with Gasteiger partial charge in [-0.3, -0.25) is 0 Å². The number of methoxy groups -OCH3 is 1. The van der Waals surface area contributed by atoms with E-state index in [0.717, 1.165) is 11.4 Å². The summed E-state index contributed by atoms with van der Waals surface area (Å²) >= 11 is 0. The lowest BCUT2D eigenvalue weighted by Crippen LogP contribution is -2.07. The van der Waals surface area contributed by atoms with Crippen molar-refractivity contribution in [3.05, 3.63) is 35.7 Å². The van der Waals surface area contributed by atoms with Crippen molar-refractivity contribution in [1.29, 1.82) is 0 Å². The Morgan fingerprint density at radius 2 is 2.06 bits per heavy atom. The molecule has 0 atom stereocenters. The number of hydrogen-bond acceptors (Lipinski definition) is 5. The Kier molecular flexibility index (Phi) is 3.36. The summed E-state index contributed by atoms with van der Waals surface area (Å²) in [5, 5.41) is 17.3. The van der Waals surface area contributed by atoms with Gasteiger partial charge in [-0.15, -0.1) is 5.10 Å². The minimum atomic E-state index is 0.209. The van der Waals surface area contributed by atoms with Gasteiger partial charge in [0.2, 0.25) is 0 Å². The molecule has 0 aliphatic carbocycles. The molecule has 0 saturated carbocycles. The molecule has 0 radical (unpaired) electrons. The number of nitrogens with two attached hydrogens (primary N) is 1. The number of hydrogen-bond donors (Lipinski definition) is 2. The average Bonchev–Trinajstić information content (AvgIpc) is 2.74. The van der Waals surface area contributed by atoms with Gasteiger partial charge < -0.3 is 15.6 Å². The van der Waals surface area contributed by atoms with E-state index in [4.69, 9.17) is 10.5 Å². The van der Waals surface area contributed by atoms with Crippen molar-refractivity contribution >= 4 is 0 Å². The van der Waals surface area contributed by atoms with Gasteiger partial charge in [0.15, 0.2) is 0 Å². The molecule has 1 aromatic carbocycles. The molecule has 0 unspecified atom stereocenters. The van der Waals surface area contributed by atoms with E-state index in [9.17, 15) is 5.11 Å². The monoisotopic (exact) mass is 234 g/mol. The van der Waals surface area contributed by atoms with Crippen LogP contribution < -0.4 is 5.73 Å². The summed E-state index contributed by atoms with van der Waals surface area (Å²) in [6.45, 7) is 0.706. The standard InChI is InChI=1S/C11H14N4O2/c1-17-7-11-10(6-12)13-14-15(11)8-2-4-9(16)5-3-8/h2-5,16H,6-7,12H2,1H3. The lowest BCUT2D eigenvalue weighted by molar-refractivity contribution is 0.178. The third kappa shape index (κ3) is 2.27. The topological polar surface area (TPSA) is 86.2 Å². The van der Waals surface area contributed by atoms with Crippen molar-refractivity contribution in [2.45, 2.75) is 13.2 Å². The van der Waals surface area contributed by atoms with Gasteiger partial charge in [-0.1, -0.05) is 5.21 Å². The van der Waals surface area contributed by atoms with Crippen LogP contribution in [0.3, 0.4) is 0 Å². The van der Waals surface area contributed by atoms with Gasteiger partial charge in [-0.05, 0) is 24.3 Å². The Labute approximate surface area is 98.6 Å². The number of aromatic hydroxyl groups is 1. The lowest BCUT2D eigenvalue weighted by Gasteiger charge is -2.06. The largest absolute Gasteiger partial charge is 0.508 e. The molecule has 0 bridgehead atoms. The fourth-order valence-electron chi connectivity index (χ4n) is 1.57. The molecule has 0 fully saturated rings. The SMILES string of the molecule is COCc1c(CN)nnn1-c1ccc(O)cc1. The van der Waals surface area contributed by atoms with E-state index in [2.05, 4.69) is 10.3 Å². The molecule has 0 amide bonds. The van der Waals surface area contributed by atoms with E-state index in [1.807, 2.05) is 0 Å². The van der Waals surface area contributed by atoms with E-state index in [1.165, 1.54) is 0 Å². The Morgan fingerprint density at radius 3 is 2.65 bits per heavy atom. The van der Waals surface area contributed by atoms with Crippen LogP contribution >= 0.6 is 0 Å². The molecule has 1 heterocycles. The van der Waals surface area contributed by atoms with E-state index >= 15 is 0 Å². The molecule has 6 nitrogen and oxygen atoms in total. The Bertz CT molecular complexity index is 493. The van der Waals surface area contributed by atoms with Gasteiger partial charge >= 0.3 is 0 Å². The van der Waals surface area contributed by atoms with Crippen LogP contribution in [0.4, 0.5) is 0 Å². The highest BCUT2D eigenvalue weighted by Crippen LogP contribution is 2.16. The first-order valence-corrected chi connectivity index (χ1v) is 5.18. The number of phenolic OH excluding ortho intramolecular Hbond substituents is 1. The molecule has 0 spiro atoms. The van der Waals surface area contributed by atoms with Crippen molar-refractivity contribution in [2.24, 2.45) is 5.73 Å². The van der Waals surface area contributed by atoms with Gasteiger partial charge in [0.05, 0.1) is 18.0 Å². The first-order valence-electron chi connectivity index (χ1n) is 5.18. The summed E-state index contributed by atoms with van der Waals surface area (Å²) in [6.07, 6.45) is 0. The van der Waals surface area contributed by atoms with Gasteiger partial charge in [0, 0.05) is 13.7 Å². The maximum Gasteiger partial charge on any atom is 0.115 e. The molecule has 6 heteroatoms. The first-order chi connectivity index (χ1) is 8.26. The van der Waals surface area contributed by atoms with Crippen LogP contribution in [-0.2, 0) is 17.9 Å². The van der Waals surface area contributed by atoms with Crippen molar-refractivity contribution in [3.8, 4) is 11.4 Å². The normalized spacial score (nSPS) is 10.7. The van der Waals surface area contributed by atoms with Gasteiger partial charge in [0.25, 0.3) is 0 Å². The summed E-state index contributed by atoms with van der Waals surface area (Å²) in [7, 11) is 1.61. The molecule has 2 rings (SSSR count). The fraction of sp³-hybridized carbons (Fsp3) is 0.273. The van der Waals surface area contributed by atoms with Crippen molar-refractivity contribution in [3.63, 3.8) is 0 Å². The lowest BCUT2D eigenvalue weighted by atomic mass is 10.2. The molecule has 0 aliphatic rings. The molecule has 0 aliphatic heterocycles. The van der Waals surface area contributed by atoms with Crippen LogP contribution in [-0.4, -0.2) is 27.2 Å². The van der Waals surface area contributed by atoms with E-state index in [1.54, 1.807) is 36.1 Å². The summed E-state index contributed by atoms with van der Waals surface area (Å²) in [5.41, 5.74) is 7.92. The van der Waals surface area contributed by atoms with Crippen LogP contribution in [0.15, 0.2) is 24.3 Å². The molecule has 3 N–H and O–H groups in total. The minimum Gasteiger partial charge on any atom is -0.508 e. The maximum atomic E-state index is 9.24. The highest BCUT2D eigenvalue weighted by molar-refractivity contribution is 5.37. The van der Waals surface area contributed by atoms with E-state index in [0.29, 0.717) is 18.8 Å². The number of nitrogens with zero attached hydrogens (tertiary/aromatic N) is 3. The van der Waals surface area contributed by atoms with Gasteiger partial charge in [-0.25, -0.2) is 4.68 Å². The highest BCUT2D eigenvalue weighted by Gasteiger charge is 2.12. The fourth-order valence-corrected chi connectivity index (χ4v) is 1.57. The van der Waals surface area contributed by atoms with Crippen molar-refractivity contribution < 1.29 is 9.84 Å². The molecule has 17 heavy (non-hydrogen) atoms. The van der Waals surface area contributed by atoms with Crippen molar-refractivity contribution in [2.75, 3.05) is 7.11 Å². The number of rotatable bonds is 4. The zero-order valence-electron chi connectivity index (χ0n) is 9.50. The molecule has 0 saturated heterocycles. The number of aromatic nitrogens is 3. The van der Waals surface area contributed by atoms with E-state index < -0.39 is 0 Å². The molecule has 1 aromatic heterocycles. The second-order valence-electron chi connectivity index (χ2n) is 3.55. The number of benzene rings is 1. The molecule has 90 valence electrons. The van der Waals surface area contributed by atoms with Crippen LogP contribution in [0.5, 0.6) is 5.75 Å². The second kappa shape index (κ2) is 4.94. The molecular formula is C11H14N4O2. The quantitative estimate of drug-likeness (QED) is 0.808. The predicted octanol–water partition coefficient (Wildman–Crippen LogP) is 0.578. The molecular weight excluding hydrogens is 220 g/mol. The smallest absolute Gasteiger partial charge is 0.115 e. The summed E-state index contributed by atoms with van der Waals surface area (Å²) in [6, 6.07) is 6.69. The van der Waals surface area contributed by atoms with E-state index in [-0.39, 0.29) is 5.75 Å². The zero-order valence-corrected chi connectivity index (χ0v) is 9.50. The van der Waals surface area contributed by atoms with Crippen LogP contribution in [0.1, 0.15) is 11.4 Å². The highest BCUT2D eigenvalue weighted by atomic mass is 16.5. The second-order valence-corrected chi connectivity index (χ2v) is 3.55. The first kappa shape index (κ1) is 11.6. The Morgan fingerprint density at radius 1 is 1.35 bits per heavy atom. The Hall–Kier alpha value is -1.92. The van der Waals surface area contributed by atoms with Crippen molar-refractivity contribution in [1.82, 2.24) is 15.0 Å².